The van der Waals surface area contributed by atoms with Gasteiger partial charge in [-0.15, -0.1) is 0 Å². The van der Waals surface area contributed by atoms with Crippen molar-refractivity contribution in [3.63, 3.8) is 0 Å². The van der Waals surface area contributed by atoms with Crippen molar-refractivity contribution >= 4 is 23.9 Å². The van der Waals surface area contributed by atoms with E-state index in [1.165, 1.54) is 0 Å². The predicted molar refractivity (Wildman–Crippen MR) is 50.8 cm³/mol. The number of aromatic nitrogens is 2. The summed E-state index contributed by atoms with van der Waals surface area (Å²) < 4.78 is 2.02. The maximum Gasteiger partial charge on any atom is 0.342 e. The number of anilines is 1. The van der Waals surface area contributed by atoms with E-state index in [1.54, 1.807) is 6.20 Å². The molecular weight excluding hydrogens is 180 g/mol. The van der Waals surface area contributed by atoms with Gasteiger partial charge in [0.15, 0.2) is 18.5 Å². The van der Waals surface area contributed by atoms with Gasteiger partial charge in [0.25, 0.3) is 0 Å². The van der Waals surface area contributed by atoms with E-state index in [0.29, 0.717) is 12.4 Å². The Balaban J connectivity index is 2.25. The van der Waals surface area contributed by atoms with E-state index < -0.39 is 0 Å². The first-order valence-corrected chi connectivity index (χ1v) is 4.44. The van der Waals surface area contributed by atoms with Crippen LogP contribution in [0.3, 0.4) is 0 Å². The van der Waals surface area contributed by atoms with Crippen molar-refractivity contribution in [1.29, 1.82) is 0 Å². The molecule has 0 spiro atoms. The molecule has 0 radical (unpaired) electrons. The Morgan fingerprint density at radius 1 is 1.50 bits per heavy atom. The normalized spacial score (nSPS) is 17.1. The van der Waals surface area contributed by atoms with Crippen LogP contribution < -0.4 is 9.63 Å². The minimum Gasteiger partial charge on any atom is -0.287 e. The molecule has 0 saturated heterocycles. The van der Waals surface area contributed by atoms with Crippen molar-refractivity contribution in [2.24, 2.45) is 4.99 Å². The third-order valence-corrected chi connectivity index (χ3v) is 2.39. The average molecular weight is 189 g/mol. The number of hydrogen-bond donors (Lipinski definition) is 1. The van der Waals surface area contributed by atoms with Crippen LogP contribution in [0.4, 0.5) is 11.6 Å². The van der Waals surface area contributed by atoms with Gasteiger partial charge in [-0.3, -0.25) is 5.21 Å². The van der Waals surface area contributed by atoms with E-state index >= 15 is 0 Å². The van der Waals surface area contributed by atoms with Gasteiger partial charge in [-0.05, 0) is 11.1 Å². The Hall–Kier alpha value is -1.75. The lowest BCUT2D eigenvalue weighted by Gasteiger charge is -2.18. The van der Waals surface area contributed by atoms with Crippen LogP contribution in [-0.2, 0) is 6.54 Å². The van der Waals surface area contributed by atoms with Gasteiger partial charge in [-0.2, -0.15) is 0 Å². The van der Waals surface area contributed by atoms with Crippen LogP contribution in [0, 0.1) is 0 Å². The molecule has 3 heterocycles. The predicted octanol–water partition coefficient (Wildman–Crippen LogP) is 0.307. The van der Waals surface area contributed by atoms with E-state index in [2.05, 4.69) is 9.98 Å². The van der Waals surface area contributed by atoms with Gasteiger partial charge < -0.3 is 0 Å². The first-order chi connectivity index (χ1) is 6.86. The summed E-state index contributed by atoms with van der Waals surface area (Å²) in [4.78, 5) is 8.34. The first kappa shape index (κ1) is 7.64. The van der Waals surface area contributed by atoms with E-state index in [9.17, 15) is 5.21 Å². The average Bonchev–Trinajstić information content (AvgIpc) is 2.66. The Kier molecular flexibility index (Phi) is 1.43. The SMILES string of the molecule is ON1CC=Cc2c1ncc1[n+]2CC=N1. The zero-order valence-corrected chi connectivity index (χ0v) is 7.46. The van der Waals surface area contributed by atoms with Crippen LogP contribution in [0.2, 0.25) is 0 Å². The van der Waals surface area contributed by atoms with Crippen LogP contribution in [0.5, 0.6) is 0 Å². The molecule has 0 saturated carbocycles. The molecule has 0 aliphatic carbocycles. The first-order valence-electron chi connectivity index (χ1n) is 4.44. The highest BCUT2D eigenvalue weighted by Gasteiger charge is 2.25. The molecule has 0 unspecified atom stereocenters. The Labute approximate surface area is 80.6 Å². The molecule has 0 amide bonds. The van der Waals surface area contributed by atoms with Gasteiger partial charge in [-0.1, -0.05) is 6.08 Å². The summed E-state index contributed by atoms with van der Waals surface area (Å²) in [7, 11) is 0. The molecule has 5 nitrogen and oxygen atoms in total. The molecule has 0 aromatic carbocycles. The number of hydroxylamine groups is 1. The van der Waals surface area contributed by atoms with E-state index in [0.717, 1.165) is 23.1 Å². The standard InChI is InChI=1S/C9H9N4O/c14-13-4-1-2-7-9(13)11-6-8-10-3-5-12(7)8/h1-3,6,14H,4-5H2/q+1. The molecule has 0 bridgehead atoms. The Morgan fingerprint density at radius 3 is 3.36 bits per heavy atom. The highest BCUT2D eigenvalue weighted by atomic mass is 16.5. The second kappa shape index (κ2) is 2.62. The second-order valence-corrected chi connectivity index (χ2v) is 3.23. The van der Waals surface area contributed by atoms with Crippen molar-refractivity contribution in [3.8, 4) is 0 Å². The van der Waals surface area contributed by atoms with Gasteiger partial charge in [0.1, 0.15) is 6.20 Å². The van der Waals surface area contributed by atoms with Crippen LogP contribution >= 0.6 is 0 Å². The summed E-state index contributed by atoms with van der Waals surface area (Å²) in [5, 5.41) is 10.7. The molecule has 0 fully saturated rings. The fourth-order valence-electron chi connectivity index (χ4n) is 1.72. The molecule has 3 rings (SSSR count). The summed E-state index contributed by atoms with van der Waals surface area (Å²) in [6.45, 7) is 1.23. The maximum absolute atomic E-state index is 9.56. The number of aliphatic imine (C=N–C) groups is 1. The molecule has 1 aromatic heterocycles. The number of hydrogen-bond acceptors (Lipinski definition) is 4. The fourth-order valence-corrected chi connectivity index (χ4v) is 1.72. The molecule has 2 aliphatic rings. The third-order valence-electron chi connectivity index (χ3n) is 2.39. The Morgan fingerprint density at radius 2 is 2.43 bits per heavy atom. The summed E-state index contributed by atoms with van der Waals surface area (Å²) >= 11 is 0. The van der Waals surface area contributed by atoms with E-state index in [-0.39, 0.29) is 0 Å². The summed E-state index contributed by atoms with van der Waals surface area (Å²) in [6, 6.07) is 0. The largest absolute Gasteiger partial charge is 0.342 e. The van der Waals surface area contributed by atoms with E-state index in [1.807, 2.05) is 22.9 Å². The van der Waals surface area contributed by atoms with Crippen LogP contribution in [0.1, 0.15) is 5.69 Å². The monoisotopic (exact) mass is 189 g/mol. The van der Waals surface area contributed by atoms with Gasteiger partial charge in [0, 0.05) is 0 Å². The molecular formula is C9H9N4O+. The van der Waals surface area contributed by atoms with E-state index in [4.69, 9.17) is 0 Å². The van der Waals surface area contributed by atoms with Gasteiger partial charge >= 0.3 is 5.82 Å². The topological polar surface area (TPSA) is 52.6 Å². The highest BCUT2D eigenvalue weighted by molar-refractivity contribution is 5.66. The molecule has 14 heavy (non-hydrogen) atoms. The third kappa shape index (κ3) is 0.898. The van der Waals surface area contributed by atoms with Crippen molar-refractivity contribution < 1.29 is 9.77 Å². The quantitative estimate of drug-likeness (QED) is 0.597. The second-order valence-electron chi connectivity index (χ2n) is 3.23. The number of fused-ring (bicyclic) bond motifs is 3. The lowest BCUT2D eigenvalue weighted by atomic mass is 10.2. The number of rotatable bonds is 0. The smallest absolute Gasteiger partial charge is 0.287 e. The summed E-state index contributed by atoms with van der Waals surface area (Å²) in [6.07, 6.45) is 7.37. The summed E-state index contributed by atoms with van der Waals surface area (Å²) in [5.74, 6) is 1.44. The summed E-state index contributed by atoms with van der Waals surface area (Å²) in [5.41, 5.74) is 0.911. The maximum atomic E-state index is 9.56. The van der Waals surface area contributed by atoms with Gasteiger partial charge in [0.2, 0.25) is 5.82 Å². The van der Waals surface area contributed by atoms with Gasteiger partial charge in [0.05, 0.1) is 6.54 Å². The number of nitrogens with zero attached hydrogens (tertiary/aromatic N) is 4. The van der Waals surface area contributed by atoms with Crippen molar-refractivity contribution in [2.75, 3.05) is 11.6 Å². The van der Waals surface area contributed by atoms with Gasteiger partial charge in [-0.25, -0.2) is 14.6 Å². The molecule has 1 N–H and O–H groups in total. The molecule has 0 atom stereocenters. The molecule has 70 valence electrons. The van der Waals surface area contributed by atoms with Crippen LogP contribution in [0.25, 0.3) is 6.08 Å². The minimum absolute atomic E-state index is 0.486. The fraction of sp³-hybridized carbons (Fsp3) is 0.222. The zero-order valence-electron chi connectivity index (χ0n) is 7.46. The highest BCUT2D eigenvalue weighted by Crippen LogP contribution is 2.21. The molecule has 2 aliphatic heterocycles. The van der Waals surface area contributed by atoms with Crippen molar-refractivity contribution in [2.45, 2.75) is 6.54 Å². The molecule has 1 aromatic rings. The lowest BCUT2D eigenvalue weighted by molar-refractivity contribution is -0.665. The van der Waals surface area contributed by atoms with Crippen LogP contribution in [-0.4, -0.2) is 23.0 Å². The van der Waals surface area contributed by atoms with Crippen LogP contribution in [0.15, 0.2) is 17.3 Å². The van der Waals surface area contributed by atoms with Crippen molar-refractivity contribution in [1.82, 2.24) is 4.98 Å². The van der Waals surface area contributed by atoms with Crippen molar-refractivity contribution in [3.05, 3.63) is 18.0 Å². The molecule has 5 heteroatoms. The zero-order chi connectivity index (χ0) is 9.54. The minimum atomic E-state index is 0.486. The Bertz CT molecular complexity index is 452. The lowest BCUT2D eigenvalue weighted by Crippen LogP contribution is -2.39.